The van der Waals surface area contributed by atoms with Gasteiger partial charge in [-0.1, -0.05) is 36.4 Å². The molecule has 1 N–H and O–H groups in total. The van der Waals surface area contributed by atoms with E-state index in [9.17, 15) is 4.79 Å². The van der Waals surface area contributed by atoms with E-state index in [1.165, 1.54) is 0 Å². The number of ether oxygens (including phenoxy) is 1. The zero-order chi connectivity index (χ0) is 24.3. The van der Waals surface area contributed by atoms with Gasteiger partial charge in [0.15, 0.2) is 5.76 Å². The average Bonchev–Trinajstić information content (AvgIpc) is 3.58. The molecule has 6 heteroatoms. The van der Waals surface area contributed by atoms with Crippen molar-refractivity contribution >= 4 is 22.6 Å². The zero-order valence-electron chi connectivity index (χ0n) is 19.2. The summed E-state index contributed by atoms with van der Waals surface area (Å²) in [5.74, 6) is 1.98. The highest BCUT2D eigenvalue weighted by Gasteiger charge is 2.11. The van der Waals surface area contributed by atoms with E-state index in [2.05, 4.69) is 10.4 Å². The molecule has 4 aromatic carbocycles. The van der Waals surface area contributed by atoms with Gasteiger partial charge in [0, 0.05) is 22.8 Å². The Labute approximate surface area is 207 Å². The second kappa shape index (κ2) is 9.27. The van der Waals surface area contributed by atoms with Crippen LogP contribution in [0, 0.1) is 0 Å². The van der Waals surface area contributed by atoms with Crippen molar-refractivity contribution in [1.82, 2.24) is 9.78 Å². The largest absolute Gasteiger partial charge is 0.457 e. The van der Waals surface area contributed by atoms with Crippen LogP contribution in [-0.2, 0) is 0 Å². The lowest BCUT2D eigenvalue weighted by Gasteiger charge is -2.09. The average molecular weight is 472 g/mol. The van der Waals surface area contributed by atoms with Gasteiger partial charge in [-0.15, -0.1) is 0 Å². The van der Waals surface area contributed by atoms with Crippen LogP contribution in [0.25, 0.3) is 28.1 Å². The number of furan rings is 1. The number of nitrogens with zero attached hydrogens (tertiary/aromatic N) is 2. The molecular formula is C30H21N3O3. The second-order valence-corrected chi connectivity index (χ2v) is 8.23. The van der Waals surface area contributed by atoms with Crippen molar-refractivity contribution in [1.29, 1.82) is 0 Å². The molecule has 2 heterocycles. The Balaban J connectivity index is 1.12. The number of anilines is 1. The first-order valence-electron chi connectivity index (χ1n) is 11.5. The van der Waals surface area contributed by atoms with Gasteiger partial charge in [-0.25, -0.2) is 4.68 Å². The van der Waals surface area contributed by atoms with Crippen molar-refractivity contribution in [3.63, 3.8) is 0 Å². The summed E-state index contributed by atoms with van der Waals surface area (Å²) in [5.41, 5.74) is 3.65. The number of aromatic nitrogens is 2. The molecule has 0 saturated heterocycles. The van der Waals surface area contributed by atoms with Crippen molar-refractivity contribution in [2.75, 3.05) is 5.32 Å². The molecule has 0 unspecified atom stereocenters. The molecular weight excluding hydrogens is 450 g/mol. The van der Waals surface area contributed by atoms with Gasteiger partial charge < -0.3 is 14.5 Å². The van der Waals surface area contributed by atoms with E-state index in [1.807, 2.05) is 109 Å². The highest BCUT2D eigenvalue weighted by Crippen LogP contribution is 2.27. The number of hydrogen-bond donors (Lipinski definition) is 1. The number of hydrogen-bond acceptors (Lipinski definition) is 4. The van der Waals surface area contributed by atoms with Crippen LogP contribution in [0.2, 0.25) is 0 Å². The van der Waals surface area contributed by atoms with Crippen LogP contribution in [0.15, 0.2) is 126 Å². The van der Waals surface area contributed by atoms with Gasteiger partial charge in [0.2, 0.25) is 0 Å². The van der Waals surface area contributed by atoms with E-state index in [0.29, 0.717) is 22.8 Å². The van der Waals surface area contributed by atoms with Crippen LogP contribution in [0.4, 0.5) is 5.69 Å². The zero-order valence-corrected chi connectivity index (χ0v) is 19.2. The molecule has 0 aliphatic heterocycles. The summed E-state index contributed by atoms with van der Waals surface area (Å²) in [6.07, 6.45) is 1.87. The highest BCUT2D eigenvalue weighted by atomic mass is 16.5. The van der Waals surface area contributed by atoms with Gasteiger partial charge in [-0.2, -0.15) is 5.10 Å². The van der Waals surface area contributed by atoms with E-state index in [0.717, 1.165) is 28.1 Å². The molecule has 6 rings (SSSR count). The minimum atomic E-state index is -0.193. The second-order valence-electron chi connectivity index (χ2n) is 8.23. The fourth-order valence-corrected chi connectivity index (χ4v) is 3.91. The Kier molecular flexibility index (Phi) is 5.52. The van der Waals surface area contributed by atoms with E-state index >= 15 is 0 Å². The summed E-state index contributed by atoms with van der Waals surface area (Å²) >= 11 is 0. The molecule has 0 bridgehead atoms. The van der Waals surface area contributed by atoms with Gasteiger partial charge in [-0.3, -0.25) is 4.79 Å². The Morgan fingerprint density at radius 1 is 0.778 bits per heavy atom. The van der Waals surface area contributed by atoms with Crippen LogP contribution >= 0.6 is 0 Å². The molecule has 0 fully saturated rings. The quantitative estimate of drug-likeness (QED) is 0.276. The topological polar surface area (TPSA) is 69.3 Å². The monoisotopic (exact) mass is 471 g/mol. The van der Waals surface area contributed by atoms with Crippen molar-refractivity contribution in [2.24, 2.45) is 0 Å². The molecule has 0 saturated carbocycles. The van der Waals surface area contributed by atoms with E-state index in [-0.39, 0.29) is 5.91 Å². The lowest BCUT2D eigenvalue weighted by atomic mass is 10.2. The van der Waals surface area contributed by atoms with Gasteiger partial charge in [0.1, 0.15) is 22.8 Å². The predicted octanol–water partition coefficient (Wildman–Crippen LogP) is 7.33. The third kappa shape index (κ3) is 4.48. The summed E-state index contributed by atoms with van der Waals surface area (Å²) < 4.78 is 13.5. The van der Waals surface area contributed by atoms with Crippen LogP contribution in [0.3, 0.4) is 0 Å². The minimum Gasteiger partial charge on any atom is -0.457 e. The SMILES string of the molecule is O=C(Nc1ccc(Oc2ccccc2)cc1)c1ccc(-n2ccc(-c3cc4ccccc4o3)n2)cc1. The Morgan fingerprint density at radius 2 is 1.50 bits per heavy atom. The first-order chi connectivity index (χ1) is 17.7. The third-order valence-corrected chi connectivity index (χ3v) is 5.75. The van der Waals surface area contributed by atoms with Crippen molar-refractivity contribution < 1.29 is 13.9 Å². The molecule has 0 atom stereocenters. The van der Waals surface area contributed by atoms with Crippen molar-refractivity contribution in [2.45, 2.75) is 0 Å². The summed E-state index contributed by atoms with van der Waals surface area (Å²) in [4.78, 5) is 12.7. The van der Waals surface area contributed by atoms with Crippen molar-refractivity contribution in [3.8, 4) is 28.6 Å². The Morgan fingerprint density at radius 3 is 2.28 bits per heavy atom. The molecule has 2 aromatic heterocycles. The molecule has 174 valence electrons. The smallest absolute Gasteiger partial charge is 0.255 e. The van der Waals surface area contributed by atoms with Crippen LogP contribution in [0.1, 0.15) is 10.4 Å². The molecule has 6 aromatic rings. The van der Waals surface area contributed by atoms with E-state index in [4.69, 9.17) is 9.15 Å². The Hall–Kier alpha value is -5.10. The molecule has 6 nitrogen and oxygen atoms in total. The van der Waals surface area contributed by atoms with Crippen LogP contribution in [0.5, 0.6) is 11.5 Å². The number of fused-ring (bicyclic) bond motifs is 1. The molecule has 0 aliphatic carbocycles. The molecule has 1 amide bonds. The number of carbonyl (C=O) groups excluding carboxylic acids is 1. The van der Waals surface area contributed by atoms with Crippen LogP contribution in [-0.4, -0.2) is 15.7 Å². The molecule has 36 heavy (non-hydrogen) atoms. The van der Waals surface area contributed by atoms with Gasteiger partial charge in [0.25, 0.3) is 5.91 Å². The maximum absolute atomic E-state index is 12.7. The number of amides is 1. The van der Waals surface area contributed by atoms with E-state index < -0.39 is 0 Å². The molecule has 0 aliphatic rings. The predicted molar refractivity (Wildman–Crippen MR) is 140 cm³/mol. The van der Waals surface area contributed by atoms with Crippen LogP contribution < -0.4 is 10.1 Å². The number of rotatable bonds is 6. The summed E-state index contributed by atoms with van der Waals surface area (Å²) in [6, 6.07) is 35.9. The van der Waals surface area contributed by atoms with Crippen molar-refractivity contribution in [3.05, 3.63) is 127 Å². The minimum absolute atomic E-state index is 0.193. The third-order valence-electron chi connectivity index (χ3n) is 5.75. The molecule has 0 radical (unpaired) electrons. The Bertz CT molecular complexity index is 1600. The number of benzene rings is 4. The summed E-state index contributed by atoms with van der Waals surface area (Å²) in [7, 11) is 0. The maximum Gasteiger partial charge on any atom is 0.255 e. The fourth-order valence-electron chi connectivity index (χ4n) is 3.91. The summed E-state index contributed by atoms with van der Waals surface area (Å²) in [5, 5.41) is 8.59. The van der Waals surface area contributed by atoms with Gasteiger partial charge in [0.05, 0.1) is 5.69 Å². The number of carbonyl (C=O) groups is 1. The molecule has 0 spiro atoms. The first kappa shape index (κ1) is 21.4. The number of nitrogens with one attached hydrogen (secondary N) is 1. The lowest BCUT2D eigenvalue weighted by Crippen LogP contribution is -2.11. The summed E-state index contributed by atoms with van der Waals surface area (Å²) in [6.45, 7) is 0. The fraction of sp³-hybridized carbons (Fsp3) is 0. The normalized spacial score (nSPS) is 10.9. The first-order valence-corrected chi connectivity index (χ1v) is 11.5. The van der Waals surface area contributed by atoms with E-state index in [1.54, 1.807) is 16.8 Å². The highest BCUT2D eigenvalue weighted by molar-refractivity contribution is 6.04. The number of para-hydroxylation sites is 2. The standard InChI is InChI=1S/C30H21N3O3/c34-30(31-23-12-16-26(17-13-23)35-25-7-2-1-3-8-25)21-10-14-24(15-11-21)33-19-18-27(32-33)29-20-22-6-4-5-9-28(22)36-29/h1-20H,(H,31,34). The van der Waals surface area contributed by atoms with Gasteiger partial charge >= 0.3 is 0 Å². The van der Waals surface area contributed by atoms with Gasteiger partial charge in [-0.05, 0) is 78.9 Å². The maximum atomic E-state index is 12.7. The lowest BCUT2D eigenvalue weighted by molar-refractivity contribution is 0.102.